The molecule has 3 heteroatoms. The fourth-order valence-electron chi connectivity index (χ4n) is 3.71. The minimum atomic E-state index is 0.360. The van der Waals surface area contributed by atoms with Gasteiger partial charge in [-0.25, -0.2) is 0 Å². The van der Waals surface area contributed by atoms with Crippen LogP contribution in [0.5, 0.6) is 5.75 Å². The fourth-order valence-corrected chi connectivity index (χ4v) is 4.22. The van der Waals surface area contributed by atoms with Gasteiger partial charge in [0.25, 0.3) is 0 Å². The first-order chi connectivity index (χ1) is 10.8. The standard InChI is InChI=1S/C19H18INO/c1-22-14-8-5-12(6-9-14)19-16-4-2-3-15(16)17-11-13(20)7-10-18(17)21-19/h2-3,5-11,15-16,19,21H,4H2,1H3/t15-,16+,19+/m1/s1. The summed E-state index contributed by atoms with van der Waals surface area (Å²) in [6.07, 6.45) is 5.86. The van der Waals surface area contributed by atoms with Gasteiger partial charge in [-0.2, -0.15) is 0 Å². The molecule has 3 atom stereocenters. The van der Waals surface area contributed by atoms with E-state index in [9.17, 15) is 0 Å². The van der Waals surface area contributed by atoms with E-state index < -0.39 is 0 Å². The molecule has 22 heavy (non-hydrogen) atoms. The van der Waals surface area contributed by atoms with Gasteiger partial charge in [0.05, 0.1) is 13.2 Å². The molecule has 2 nitrogen and oxygen atoms in total. The Bertz CT molecular complexity index is 723. The maximum absolute atomic E-state index is 5.28. The van der Waals surface area contributed by atoms with Crippen LogP contribution in [0, 0.1) is 9.49 Å². The van der Waals surface area contributed by atoms with Crippen molar-refractivity contribution in [2.75, 3.05) is 12.4 Å². The van der Waals surface area contributed by atoms with Gasteiger partial charge in [0.2, 0.25) is 0 Å². The summed E-state index contributed by atoms with van der Waals surface area (Å²) in [5.74, 6) is 2.03. The number of methoxy groups -OCH3 is 1. The van der Waals surface area contributed by atoms with Crippen LogP contribution in [0.1, 0.15) is 29.5 Å². The van der Waals surface area contributed by atoms with Crippen molar-refractivity contribution in [1.29, 1.82) is 0 Å². The highest BCUT2D eigenvalue weighted by Crippen LogP contribution is 2.50. The molecule has 2 aliphatic rings. The quantitative estimate of drug-likeness (QED) is 0.555. The van der Waals surface area contributed by atoms with Gasteiger partial charge >= 0.3 is 0 Å². The van der Waals surface area contributed by atoms with Crippen LogP contribution < -0.4 is 10.1 Å². The van der Waals surface area contributed by atoms with Gasteiger partial charge in [-0.1, -0.05) is 24.3 Å². The predicted molar refractivity (Wildman–Crippen MR) is 98.5 cm³/mol. The molecule has 0 aromatic heterocycles. The number of benzene rings is 2. The predicted octanol–water partition coefficient (Wildman–Crippen LogP) is 5.13. The number of allylic oxidation sites excluding steroid dienone is 2. The van der Waals surface area contributed by atoms with E-state index in [2.05, 4.69) is 82.5 Å². The van der Waals surface area contributed by atoms with Crippen LogP contribution >= 0.6 is 22.6 Å². The highest BCUT2D eigenvalue weighted by molar-refractivity contribution is 14.1. The smallest absolute Gasteiger partial charge is 0.118 e. The zero-order valence-corrected chi connectivity index (χ0v) is 14.6. The summed E-state index contributed by atoms with van der Waals surface area (Å²) in [7, 11) is 1.71. The minimum Gasteiger partial charge on any atom is -0.497 e. The molecule has 1 heterocycles. The molecule has 1 N–H and O–H groups in total. The zero-order valence-electron chi connectivity index (χ0n) is 12.4. The Labute approximate surface area is 144 Å². The largest absolute Gasteiger partial charge is 0.497 e. The Balaban J connectivity index is 1.74. The summed E-state index contributed by atoms with van der Waals surface area (Å²) >= 11 is 2.40. The van der Waals surface area contributed by atoms with Gasteiger partial charge in [0.15, 0.2) is 0 Å². The number of ether oxygens (including phenoxy) is 1. The number of fused-ring (bicyclic) bond motifs is 3. The first-order valence-electron chi connectivity index (χ1n) is 7.63. The Morgan fingerprint density at radius 1 is 1.14 bits per heavy atom. The summed E-state index contributed by atoms with van der Waals surface area (Å²) in [5, 5.41) is 3.77. The second kappa shape index (κ2) is 5.61. The summed E-state index contributed by atoms with van der Waals surface area (Å²) in [6, 6.07) is 15.5. The van der Waals surface area contributed by atoms with Gasteiger partial charge in [0.1, 0.15) is 5.75 Å². The van der Waals surface area contributed by atoms with E-state index in [-0.39, 0.29) is 0 Å². The van der Waals surface area contributed by atoms with Crippen LogP contribution in [0.4, 0.5) is 5.69 Å². The van der Waals surface area contributed by atoms with Gasteiger partial charge in [-0.15, -0.1) is 0 Å². The summed E-state index contributed by atoms with van der Waals surface area (Å²) < 4.78 is 6.58. The summed E-state index contributed by atoms with van der Waals surface area (Å²) in [4.78, 5) is 0. The molecule has 0 saturated carbocycles. The van der Waals surface area contributed by atoms with Crippen LogP contribution in [0.25, 0.3) is 0 Å². The Morgan fingerprint density at radius 2 is 1.95 bits per heavy atom. The normalized spacial score (nSPS) is 25.3. The number of hydrogen-bond donors (Lipinski definition) is 1. The van der Waals surface area contributed by atoms with Gasteiger partial charge in [-0.3, -0.25) is 0 Å². The Morgan fingerprint density at radius 3 is 2.73 bits per heavy atom. The molecule has 2 aromatic rings. The van der Waals surface area contributed by atoms with Crippen LogP contribution in [-0.2, 0) is 0 Å². The van der Waals surface area contributed by atoms with Gasteiger partial charge in [0, 0.05) is 15.2 Å². The molecule has 1 aliphatic carbocycles. The van der Waals surface area contributed by atoms with E-state index >= 15 is 0 Å². The fraction of sp³-hybridized carbons (Fsp3) is 0.263. The van der Waals surface area contributed by atoms with Crippen LogP contribution in [0.15, 0.2) is 54.6 Å². The topological polar surface area (TPSA) is 21.3 Å². The van der Waals surface area contributed by atoms with Crippen molar-refractivity contribution in [3.63, 3.8) is 0 Å². The van der Waals surface area contributed by atoms with Crippen LogP contribution in [0.2, 0.25) is 0 Å². The molecule has 0 spiro atoms. The molecule has 0 bridgehead atoms. The van der Waals surface area contributed by atoms with E-state index in [0.29, 0.717) is 17.9 Å². The number of halogens is 1. The third-order valence-corrected chi connectivity index (χ3v) is 5.47. The van der Waals surface area contributed by atoms with Crippen molar-refractivity contribution < 1.29 is 4.74 Å². The molecule has 0 radical (unpaired) electrons. The molecule has 4 rings (SSSR count). The number of rotatable bonds is 2. The first kappa shape index (κ1) is 14.1. The van der Waals surface area contributed by atoms with Crippen molar-refractivity contribution in [3.8, 4) is 5.75 Å². The highest BCUT2D eigenvalue weighted by Gasteiger charge is 2.37. The molecular weight excluding hydrogens is 385 g/mol. The molecule has 0 unspecified atom stereocenters. The van der Waals surface area contributed by atoms with E-state index in [1.165, 1.54) is 20.4 Å². The van der Waals surface area contributed by atoms with Crippen molar-refractivity contribution in [2.45, 2.75) is 18.4 Å². The molecule has 112 valence electrons. The number of hydrogen-bond acceptors (Lipinski definition) is 2. The second-order valence-corrected chi connectivity index (χ2v) is 7.23. The second-order valence-electron chi connectivity index (χ2n) is 5.98. The lowest BCUT2D eigenvalue weighted by Gasteiger charge is -2.37. The van der Waals surface area contributed by atoms with E-state index in [1.54, 1.807) is 7.11 Å². The lowest BCUT2D eigenvalue weighted by Crippen LogP contribution is -2.29. The zero-order chi connectivity index (χ0) is 15.1. The monoisotopic (exact) mass is 403 g/mol. The summed E-state index contributed by atoms with van der Waals surface area (Å²) in [6.45, 7) is 0. The highest BCUT2D eigenvalue weighted by atomic mass is 127. The molecular formula is C19H18INO. The number of nitrogens with one attached hydrogen (secondary N) is 1. The summed E-state index contributed by atoms with van der Waals surface area (Å²) in [5.41, 5.74) is 4.05. The first-order valence-corrected chi connectivity index (χ1v) is 8.71. The third kappa shape index (κ3) is 2.32. The van der Waals surface area contributed by atoms with E-state index in [4.69, 9.17) is 4.74 Å². The van der Waals surface area contributed by atoms with Gasteiger partial charge in [-0.05, 0) is 76.4 Å². The van der Waals surface area contributed by atoms with Gasteiger partial charge < -0.3 is 10.1 Å². The van der Waals surface area contributed by atoms with Crippen LogP contribution in [-0.4, -0.2) is 7.11 Å². The van der Waals surface area contributed by atoms with Crippen LogP contribution in [0.3, 0.4) is 0 Å². The maximum atomic E-state index is 5.28. The average Bonchev–Trinajstić information content (AvgIpc) is 3.04. The third-order valence-electron chi connectivity index (χ3n) is 4.80. The van der Waals surface area contributed by atoms with Crippen molar-refractivity contribution in [3.05, 3.63) is 69.3 Å². The Kier molecular flexibility index (Phi) is 3.60. The maximum Gasteiger partial charge on any atom is 0.118 e. The average molecular weight is 403 g/mol. The molecule has 2 aromatic carbocycles. The lowest BCUT2D eigenvalue weighted by molar-refractivity contribution is 0.411. The van der Waals surface area contributed by atoms with Crippen molar-refractivity contribution in [1.82, 2.24) is 0 Å². The van der Waals surface area contributed by atoms with Crippen molar-refractivity contribution in [2.24, 2.45) is 5.92 Å². The molecule has 0 saturated heterocycles. The minimum absolute atomic E-state index is 0.360. The molecule has 0 amide bonds. The molecule has 1 aliphatic heterocycles. The number of anilines is 1. The van der Waals surface area contributed by atoms with E-state index in [0.717, 1.165) is 12.2 Å². The molecule has 0 fully saturated rings. The SMILES string of the molecule is COc1ccc([C@@H]2Nc3ccc(I)cc3[C@@H]3C=CC[C@@H]32)cc1. The van der Waals surface area contributed by atoms with Crippen molar-refractivity contribution >= 4 is 28.3 Å². The lowest BCUT2D eigenvalue weighted by atomic mass is 9.77. The van der Waals surface area contributed by atoms with E-state index in [1.807, 2.05) is 0 Å². The Hall–Kier alpha value is -1.49.